The van der Waals surface area contributed by atoms with Crippen molar-refractivity contribution in [3.8, 4) is 11.4 Å². The molecule has 7 heteroatoms. The monoisotopic (exact) mass is 391 g/mol. The smallest absolute Gasteiger partial charge is 0.330 e. The second-order valence-electron chi connectivity index (χ2n) is 6.84. The van der Waals surface area contributed by atoms with Crippen molar-refractivity contribution in [2.45, 2.75) is 19.9 Å². The van der Waals surface area contributed by atoms with Crippen molar-refractivity contribution in [3.63, 3.8) is 0 Å². The predicted molar refractivity (Wildman–Crippen MR) is 110 cm³/mol. The van der Waals surface area contributed by atoms with Gasteiger partial charge in [0, 0.05) is 22.8 Å². The number of aromatic amines is 1. The van der Waals surface area contributed by atoms with Gasteiger partial charge in [-0.2, -0.15) is 0 Å². The molecule has 7 nitrogen and oxygen atoms in total. The lowest BCUT2D eigenvalue weighted by molar-refractivity contribution is 0.0935. The van der Waals surface area contributed by atoms with Crippen LogP contribution in [0.1, 0.15) is 34.8 Å². The minimum absolute atomic E-state index is 0.214. The van der Waals surface area contributed by atoms with Crippen LogP contribution in [-0.4, -0.2) is 22.6 Å². The van der Waals surface area contributed by atoms with Gasteiger partial charge in [0.2, 0.25) is 0 Å². The quantitative estimate of drug-likeness (QED) is 0.543. The van der Waals surface area contributed by atoms with E-state index in [0.29, 0.717) is 28.3 Å². The molecule has 1 amide bonds. The second kappa shape index (κ2) is 7.35. The molecule has 0 fully saturated rings. The summed E-state index contributed by atoms with van der Waals surface area (Å²) in [5.41, 5.74) is 2.43. The highest BCUT2D eigenvalue weighted by Gasteiger charge is 2.17. The maximum atomic E-state index is 12.6. The Morgan fingerprint density at radius 3 is 2.62 bits per heavy atom. The van der Waals surface area contributed by atoms with E-state index in [-0.39, 0.29) is 17.6 Å². The fourth-order valence-corrected chi connectivity index (χ4v) is 3.32. The molecule has 0 saturated carbocycles. The van der Waals surface area contributed by atoms with Crippen molar-refractivity contribution in [1.29, 1.82) is 0 Å². The summed E-state index contributed by atoms with van der Waals surface area (Å²) in [4.78, 5) is 27.2. The van der Waals surface area contributed by atoms with Crippen LogP contribution in [0.25, 0.3) is 16.7 Å². The zero-order valence-corrected chi connectivity index (χ0v) is 16.4. The van der Waals surface area contributed by atoms with Gasteiger partial charge in [-0.15, -0.1) is 0 Å². The molecule has 4 aromatic rings. The highest BCUT2D eigenvalue weighted by molar-refractivity contribution is 5.94. The molecule has 0 aliphatic rings. The first-order chi connectivity index (χ1) is 14.0. The number of rotatable bonds is 5. The normalized spacial score (nSPS) is 12.1. The number of aryl methyl sites for hydroxylation is 1. The SMILES string of the molecule is COc1cccc2cc(C(C)NC(=O)c3ccc(-n4c(C)c[nH]c4=O)cc3)oc12. The number of carbonyl (C=O) groups is 1. The minimum atomic E-state index is -0.325. The van der Waals surface area contributed by atoms with E-state index < -0.39 is 0 Å². The van der Waals surface area contributed by atoms with Gasteiger partial charge >= 0.3 is 5.69 Å². The molecule has 1 unspecified atom stereocenters. The Hall–Kier alpha value is -3.74. The van der Waals surface area contributed by atoms with Gasteiger partial charge in [0.05, 0.1) is 18.8 Å². The largest absolute Gasteiger partial charge is 0.493 e. The van der Waals surface area contributed by atoms with Crippen molar-refractivity contribution in [2.75, 3.05) is 7.11 Å². The summed E-state index contributed by atoms with van der Waals surface area (Å²) in [6, 6.07) is 14.1. The molecule has 0 radical (unpaired) electrons. The molecule has 1 atom stereocenters. The zero-order chi connectivity index (χ0) is 20.5. The number of carbonyl (C=O) groups excluding carboxylic acids is 1. The number of H-pyrrole nitrogens is 1. The molecule has 2 N–H and O–H groups in total. The first-order valence-corrected chi connectivity index (χ1v) is 9.22. The first kappa shape index (κ1) is 18.6. The number of amides is 1. The topological polar surface area (TPSA) is 89.3 Å². The van der Waals surface area contributed by atoms with Crippen LogP contribution < -0.4 is 15.7 Å². The van der Waals surface area contributed by atoms with Crippen molar-refractivity contribution in [1.82, 2.24) is 14.9 Å². The van der Waals surface area contributed by atoms with Crippen LogP contribution in [0, 0.1) is 6.92 Å². The molecule has 0 saturated heterocycles. The lowest BCUT2D eigenvalue weighted by Gasteiger charge is -2.12. The molecule has 0 spiro atoms. The van der Waals surface area contributed by atoms with Crippen LogP contribution in [0.5, 0.6) is 5.75 Å². The molecule has 0 aliphatic carbocycles. The molecule has 2 heterocycles. The van der Waals surface area contributed by atoms with Crippen LogP contribution in [0.15, 0.2) is 63.9 Å². The molecule has 29 heavy (non-hydrogen) atoms. The molecule has 0 aliphatic heterocycles. The Bertz CT molecular complexity index is 1230. The summed E-state index contributed by atoms with van der Waals surface area (Å²) in [6.07, 6.45) is 1.65. The number of hydrogen-bond acceptors (Lipinski definition) is 4. The fourth-order valence-electron chi connectivity index (χ4n) is 3.32. The van der Waals surface area contributed by atoms with Crippen LogP contribution >= 0.6 is 0 Å². The van der Waals surface area contributed by atoms with E-state index in [0.717, 1.165) is 11.1 Å². The summed E-state index contributed by atoms with van der Waals surface area (Å²) >= 11 is 0. The number of para-hydroxylation sites is 1. The summed E-state index contributed by atoms with van der Waals surface area (Å²) in [6.45, 7) is 3.70. The van der Waals surface area contributed by atoms with E-state index in [1.54, 1.807) is 42.1 Å². The van der Waals surface area contributed by atoms with E-state index >= 15 is 0 Å². The molecule has 0 bridgehead atoms. The maximum absolute atomic E-state index is 12.6. The average Bonchev–Trinajstić information content (AvgIpc) is 3.31. The number of aromatic nitrogens is 2. The Balaban J connectivity index is 1.52. The van der Waals surface area contributed by atoms with E-state index in [1.807, 2.05) is 38.1 Å². The Kier molecular flexibility index (Phi) is 4.72. The number of nitrogens with one attached hydrogen (secondary N) is 2. The Labute approximate surface area is 166 Å². The average molecular weight is 391 g/mol. The summed E-state index contributed by atoms with van der Waals surface area (Å²) in [5, 5.41) is 3.85. The third-order valence-electron chi connectivity index (χ3n) is 4.87. The van der Waals surface area contributed by atoms with Gasteiger partial charge in [0.1, 0.15) is 5.76 Å². The summed E-state index contributed by atoms with van der Waals surface area (Å²) in [7, 11) is 1.59. The van der Waals surface area contributed by atoms with Gasteiger partial charge < -0.3 is 19.5 Å². The standard InChI is InChI=1S/C22H21N3O4/c1-13-12-23-22(27)25(13)17-9-7-15(8-10-17)21(26)24-14(2)19-11-16-5-4-6-18(28-3)20(16)29-19/h4-12,14H,1-3H3,(H,23,27)(H,24,26). The third-order valence-corrected chi connectivity index (χ3v) is 4.87. The Morgan fingerprint density at radius 2 is 1.97 bits per heavy atom. The number of furan rings is 1. The van der Waals surface area contributed by atoms with Crippen LogP contribution in [0.4, 0.5) is 0 Å². The van der Waals surface area contributed by atoms with Crippen molar-refractivity contribution in [3.05, 3.63) is 82.2 Å². The fraction of sp³-hybridized carbons (Fsp3) is 0.182. The third kappa shape index (κ3) is 3.42. The Morgan fingerprint density at radius 1 is 1.21 bits per heavy atom. The molecule has 148 valence electrons. The highest BCUT2D eigenvalue weighted by Crippen LogP contribution is 2.30. The van der Waals surface area contributed by atoms with Crippen LogP contribution in [0.3, 0.4) is 0 Å². The van der Waals surface area contributed by atoms with Gasteiger partial charge in [0.15, 0.2) is 11.3 Å². The molecular formula is C22H21N3O4. The molecular weight excluding hydrogens is 370 g/mol. The number of methoxy groups -OCH3 is 1. The van der Waals surface area contributed by atoms with E-state index in [2.05, 4.69) is 10.3 Å². The van der Waals surface area contributed by atoms with Crippen molar-refractivity contribution >= 4 is 16.9 Å². The lowest BCUT2D eigenvalue weighted by Crippen LogP contribution is -2.26. The number of fused-ring (bicyclic) bond motifs is 1. The second-order valence-corrected chi connectivity index (χ2v) is 6.84. The minimum Gasteiger partial charge on any atom is -0.493 e. The van der Waals surface area contributed by atoms with E-state index in [4.69, 9.17) is 9.15 Å². The predicted octanol–water partition coefficient (Wildman–Crippen LogP) is 3.72. The number of benzene rings is 2. The van der Waals surface area contributed by atoms with Crippen LogP contribution in [-0.2, 0) is 0 Å². The van der Waals surface area contributed by atoms with Crippen molar-refractivity contribution in [2.24, 2.45) is 0 Å². The number of ether oxygens (including phenoxy) is 1. The number of imidazole rings is 1. The van der Waals surface area contributed by atoms with Gasteiger partial charge in [0.25, 0.3) is 5.91 Å². The lowest BCUT2D eigenvalue weighted by atomic mass is 10.1. The maximum Gasteiger partial charge on any atom is 0.330 e. The van der Waals surface area contributed by atoms with Gasteiger partial charge in [-0.1, -0.05) is 12.1 Å². The molecule has 2 aromatic carbocycles. The zero-order valence-electron chi connectivity index (χ0n) is 16.4. The van der Waals surface area contributed by atoms with Gasteiger partial charge in [-0.25, -0.2) is 4.79 Å². The van der Waals surface area contributed by atoms with E-state index in [1.165, 1.54) is 0 Å². The first-order valence-electron chi connectivity index (χ1n) is 9.22. The molecule has 2 aromatic heterocycles. The number of nitrogens with zero attached hydrogens (tertiary/aromatic N) is 1. The van der Waals surface area contributed by atoms with Gasteiger partial charge in [-0.05, 0) is 50.2 Å². The van der Waals surface area contributed by atoms with Gasteiger partial charge in [-0.3, -0.25) is 9.36 Å². The number of hydrogen-bond donors (Lipinski definition) is 2. The highest BCUT2D eigenvalue weighted by atomic mass is 16.5. The van der Waals surface area contributed by atoms with E-state index in [9.17, 15) is 9.59 Å². The summed E-state index contributed by atoms with van der Waals surface area (Å²) in [5.74, 6) is 1.07. The van der Waals surface area contributed by atoms with Crippen molar-refractivity contribution < 1.29 is 13.9 Å². The summed E-state index contributed by atoms with van der Waals surface area (Å²) < 4.78 is 12.8. The molecule has 4 rings (SSSR count). The van der Waals surface area contributed by atoms with Crippen LogP contribution in [0.2, 0.25) is 0 Å².